The number of aliphatic imine (C=N–C) groups is 1. The van der Waals surface area contributed by atoms with Crippen LogP contribution in [0.25, 0.3) is 11.3 Å². The summed E-state index contributed by atoms with van der Waals surface area (Å²) in [7, 11) is 3.44. The van der Waals surface area contributed by atoms with Crippen molar-refractivity contribution in [1.29, 1.82) is 5.26 Å². The summed E-state index contributed by atoms with van der Waals surface area (Å²) in [5.74, 6) is 0.493. The topological polar surface area (TPSA) is 65.2 Å². The molecule has 2 aromatic rings. The summed E-state index contributed by atoms with van der Waals surface area (Å²) < 4.78 is 0. The van der Waals surface area contributed by atoms with Gasteiger partial charge in [0.2, 0.25) is 0 Å². The fourth-order valence-corrected chi connectivity index (χ4v) is 1.69. The van der Waals surface area contributed by atoms with Gasteiger partial charge in [-0.3, -0.25) is 4.99 Å². The van der Waals surface area contributed by atoms with E-state index in [1.807, 2.05) is 30.3 Å². The summed E-state index contributed by atoms with van der Waals surface area (Å²) in [6.07, 6.45) is 3.25. The second kappa shape index (κ2) is 5.74. The molecule has 0 aliphatic rings. The molecule has 1 heterocycles. The third kappa shape index (κ3) is 2.75. The molecule has 1 aromatic carbocycles. The van der Waals surface area contributed by atoms with E-state index in [4.69, 9.17) is 0 Å². The minimum atomic E-state index is 0.281. The lowest BCUT2D eigenvalue weighted by molar-refractivity contribution is 1.10. The zero-order valence-electron chi connectivity index (χ0n) is 10.8. The molecule has 0 N–H and O–H groups in total. The van der Waals surface area contributed by atoms with Crippen LogP contribution in [-0.2, 0) is 0 Å². The van der Waals surface area contributed by atoms with Gasteiger partial charge < -0.3 is 4.90 Å². The third-order valence-electron chi connectivity index (χ3n) is 2.55. The lowest BCUT2D eigenvalue weighted by Gasteiger charge is -2.13. The number of nitriles is 1. The Morgan fingerprint density at radius 3 is 2.68 bits per heavy atom. The highest BCUT2D eigenvalue weighted by Gasteiger charge is 2.11. The van der Waals surface area contributed by atoms with Gasteiger partial charge in [-0.15, -0.1) is 0 Å². The Morgan fingerprint density at radius 1 is 1.32 bits per heavy atom. The monoisotopic (exact) mass is 251 g/mol. The molecule has 0 aliphatic heterocycles. The maximum absolute atomic E-state index is 9.18. The van der Waals surface area contributed by atoms with Gasteiger partial charge in [-0.2, -0.15) is 5.26 Å². The van der Waals surface area contributed by atoms with Crippen molar-refractivity contribution in [1.82, 2.24) is 9.97 Å². The molecule has 5 nitrogen and oxygen atoms in total. The van der Waals surface area contributed by atoms with Crippen LogP contribution in [0.2, 0.25) is 0 Å². The zero-order chi connectivity index (χ0) is 13.7. The van der Waals surface area contributed by atoms with Crippen LogP contribution in [0.5, 0.6) is 0 Å². The number of anilines is 1. The van der Waals surface area contributed by atoms with Crippen molar-refractivity contribution in [3.8, 4) is 17.3 Å². The second-order valence-corrected chi connectivity index (χ2v) is 3.89. The summed E-state index contributed by atoms with van der Waals surface area (Å²) in [6.45, 7) is 0. The van der Waals surface area contributed by atoms with Crippen LogP contribution >= 0.6 is 0 Å². The molecule has 2 rings (SSSR count). The predicted molar refractivity (Wildman–Crippen MR) is 75.0 cm³/mol. The van der Waals surface area contributed by atoms with Crippen LogP contribution in [0.1, 0.15) is 5.69 Å². The minimum Gasteiger partial charge on any atom is -0.318 e. The van der Waals surface area contributed by atoms with Crippen LogP contribution in [0.4, 0.5) is 5.82 Å². The van der Waals surface area contributed by atoms with Gasteiger partial charge in [0.15, 0.2) is 11.5 Å². The Hall–Kier alpha value is -2.74. The molecule has 94 valence electrons. The van der Waals surface area contributed by atoms with Crippen LogP contribution in [0.15, 0.2) is 41.5 Å². The smallest absolute Gasteiger partial charge is 0.184 e. The van der Waals surface area contributed by atoms with Crippen molar-refractivity contribution in [2.45, 2.75) is 0 Å². The molecule has 0 saturated heterocycles. The van der Waals surface area contributed by atoms with Gasteiger partial charge in [-0.25, -0.2) is 9.97 Å². The van der Waals surface area contributed by atoms with Gasteiger partial charge in [0.1, 0.15) is 6.07 Å². The first-order valence-electron chi connectivity index (χ1n) is 5.74. The maximum atomic E-state index is 9.18. The average Bonchev–Trinajstić information content (AvgIpc) is 2.47. The average molecular weight is 251 g/mol. The number of hydrogen-bond acceptors (Lipinski definition) is 4. The molecule has 5 heteroatoms. The molecule has 0 spiro atoms. The zero-order valence-corrected chi connectivity index (χ0v) is 10.8. The van der Waals surface area contributed by atoms with Crippen LogP contribution in [0.3, 0.4) is 0 Å². The van der Waals surface area contributed by atoms with Crippen molar-refractivity contribution in [3.05, 3.63) is 42.2 Å². The van der Waals surface area contributed by atoms with E-state index in [-0.39, 0.29) is 5.69 Å². The van der Waals surface area contributed by atoms with Crippen molar-refractivity contribution in [2.24, 2.45) is 4.99 Å². The quantitative estimate of drug-likeness (QED) is 0.619. The van der Waals surface area contributed by atoms with Crippen LogP contribution in [-0.4, -0.2) is 30.4 Å². The molecule has 19 heavy (non-hydrogen) atoms. The summed E-state index contributed by atoms with van der Waals surface area (Å²) in [5, 5.41) is 9.18. The van der Waals surface area contributed by atoms with Crippen molar-refractivity contribution in [3.63, 3.8) is 0 Å². The number of benzene rings is 1. The molecular weight excluding hydrogens is 238 g/mol. The Morgan fingerprint density at radius 2 is 2.05 bits per heavy atom. The molecule has 0 atom stereocenters. The van der Waals surface area contributed by atoms with Gasteiger partial charge >= 0.3 is 0 Å². The van der Waals surface area contributed by atoms with Crippen LogP contribution < -0.4 is 4.90 Å². The number of aromatic nitrogens is 2. The third-order valence-corrected chi connectivity index (χ3v) is 2.55. The predicted octanol–water partition coefficient (Wildman–Crippen LogP) is 2.11. The molecule has 0 aliphatic carbocycles. The molecule has 0 amide bonds. The molecule has 1 aromatic heterocycles. The Kier molecular flexibility index (Phi) is 3.84. The van der Waals surface area contributed by atoms with E-state index in [2.05, 4.69) is 21.0 Å². The molecule has 0 bridgehead atoms. The fraction of sp³-hybridized carbons (Fsp3) is 0.143. The van der Waals surface area contributed by atoms with Gasteiger partial charge in [0.05, 0.1) is 18.2 Å². The highest BCUT2D eigenvalue weighted by molar-refractivity contribution is 5.78. The van der Waals surface area contributed by atoms with E-state index < -0.39 is 0 Å². The van der Waals surface area contributed by atoms with E-state index in [1.165, 1.54) is 0 Å². The summed E-state index contributed by atoms with van der Waals surface area (Å²) >= 11 is 0. The number of nitrogens with zero attached hydrogens (tertiary/aromatic N) is 5. The number of hydrogen-bond donors (Lipinski definition) is 0. The minimum absolute atomic E-state index is 0.281. The van der Waals surface area contributed by atoms with E-state index >= 15 is 0 Å². The van der Waals surface area contributed by atoms with E-state index in [0.717, 1.165) is 5.56 Å². The van der Waals surface area contributed by atoms with E-state index in [9.17, 15) is 5.26 Å². The van der Waals surface area contributed by atoms with Crippen molar-refractivity contribution < 1.29 is 0 Å². The summed E-state index contributed by atoms with van der Waals surface area (Å²) in [6, 6.07) is 11.7. The molecule has 0 radical (unpaired) electrons. The van der Waals surface area contributed by atoms with E-state index in [0.29, 0.717) is 11.5 Å². The largest absolute Gasteiger partial charge is 0.318 e. The fourth-order valence-electron chi connectivity index (χ4n) is 1.69. The molecule has 0 fully saturated rings. The first kappa shape index (κ1) is 12.7. The first-order chi connectivity index (χ1) is 9.26. The Bertz CT molecular complexity index is 628. The van der Waals surface area contributed by atoms with Gasteiger partial charge in [0, 0.05) is 19.7 Å². The summed E-state index contributed by atoms with van der Waals surface area (Å²) in [4.78, 5) is 14.2. The Labute approximate surface area is 111 Å². The maximum Gasteiger partial charge on any atom is 0.184 e. The summed E-state index contributed by atoms with van der Waals surface area (Å²) in [5.41, 5.74) is 1.90. The van der Waals surface area contributed by atoms with E-state index in [1.54, 1.807) is 31.5 Å². The SMILES string of the molecule is CN=CN(C)c1ncc(-c2ccccc2)nc1C#N. The first-order valence-corrected chi connectivity index (χ1v) is 5.74. The number of rotatable bonds is 3. The van der Waals surface area contributed by atoms with Gasteiger partial charge in [0.25, 0.3) is 0 Å². The lowest BCUT2D eigenvalue weighted by Crippen LogP contribution is -2.17. The second-order valence-electron chi connectivity index (χ2n) is 3.89. The lowest BCUT2D eigenvalue weighted by atomic mass is 10.1. The van der Waals surface area contributed by atoms with Crippen LogP contribution in [0, 0.1) is 11.3 Å². The highest BCUT2D eigenvalue weighted by atomic mass is 15.2. The normalized spacial score (nSPS) is 10.4. The molecular formula is C14H13N5. The molecule has 0 unspecified atom stereocenters. The Balaban J connectivity index is 2.45. The standard InChI is InChI=1S/C14H13N5/c1-16-10-19(2)14-12(8-15)18-13(9-17-14)11-6-4-3-5-7-11/h3-7,9-10H,1-2H3. The van der Waals surface area contributed by atoms with Gasteiger partial charge in [-0.1, -0.05) is 30.3 Å². The highest BCUT2D eigenvalue weighted by Crippen LogP contribution is 2.20. The van der Waals surface area contributed by atoms with Crippen molar-refractivity contribution >= 4 is 12.2 Å². The van der Waals surface area contributed by atoms with Gasteiger partial charge in [-0.05, 0) is 0 Å². The van der Waals surface area contributed by atoms with Crippen molar-refractivity contribution in [2.75, 3.05) is 19.0 Å². The molecule has 0 saturated carbocycles.